The van der Waals surface area contributed by atoms with Gasteiger partial charge in [0.25, 0.3) is 0 Å². The van der Waals surface area contributed by atoms with Crippen molar-refractivity contribution >= 4 is 19.8 Å². The van der Waals surface area contributed by atoms with Crippen LogP contribution in [0.15, 0.2) is 182 Å². The van der Waals surface area contributed by atoms with Crippen LogP contribution in [0.4, 0.5) is 0 Å². The second kappa shape index (κ2) is 58.8. The Morgan fingerprint density at radius 2 is 0.675 bits per heavy atom. The van der Waals surface area contributed by atoms with Crippen molar-refractivity contribution in [2.75, 3.05) is 47.5 Å². The Balaban J connectivity index is 4.24. The Morgan fingerprint density at radius 1 is 0.388 bits per heavy atom. The Morgan fingerprint density at radius 3 is 1.00 bits per heavy atom. The predicted molar refractivity (Wildman–Crippen MR) is 343 cm³/mol. The lowest BCUT2D eigenvalue weighted by atomic mass is 10.1. The van der Waals surface area contributed by atoms with E-state index in [-0.39, 0.29) is 26.1 Å². The zero-order valence-corrected chi connectivity index (χ0v) is 51.6. The van der Waals surface area contributed by atoms with Crippen molar-refractivity contribution in [3.8, 4) is 0 Å². The molecule has 2 unspecified atom stereocenters. The molecule has 0 spiro atoms. The maximum atomic E-state index is 12.8. The topological polar surface area (TPSA) is 108 Å². The van der Waals surface area contributed by atoms with E-state index in [0.29, 0.717) is 23.9 Å². The molecule has 1 N–H and O–H groups in total. The first-order chi connectivity index (χ1) is 39.0. The minimum atomic E-state index is -4.41. The highest BCUT2D eigenvalue weighted by molar-refractivity contribution is 7.47. The Bertz CT molecular complexity index is 2000. The first kappa shape index (κ1) is 75.1. The fraction of sp³-hybridized carbons (Fsp3) is 0.543. The molecule has 0 aliphatic carbocycles. The number of carbonyl (C=O) groups excluding carboxylic acids is 2. The van der Waals surface area contributed by atoms with Gasteiger partial charge in [0.1, 0.15) is 19.8 Å². The number of unbranched alkanes of at least 4 members (excludes halogenated alkanes) is 9. The number of carbonyl (C=O) groups is 2. The summed E-state index contributed by atoms with van der Waals surface area (Å²) in [5.74, 6) is -0.865. The van der Waals surface area contributed by atoms with Crippen LogP contribution in [0.5, 0.6) is 0 Å². The summed E-state index contributed by atoms with van der Waals surface area (Å²) >= 11 is 0. The molecule has 0 saturated carbocycles. The van der Waals surface area contributed by atoms with Crippen molar-refractivity contribution in [2.45, 2.75) is 200 Å². The van der Waals surface area contributed by atoms with Gasteiger partial charge >= 0.3 is 19.8 Å². The second-order valence-electron chi connectivity index (χ2n) is 20.6. The average molecular weight is 1130 g/mol. The van der Waals surface area contributed by atoms with E-state index in [2.05, 4.69) is 196 Å². The molecule has 0 amide bonds. The van der Waals surface area contributed by atoms with Crippen LogP contribution in [-0.4, -0.2) is 74.9 Å². The Hall–Kier alpha value is -4.89. The van der Waals surface area contributed by atoms with Crippen LogP contribution in [0.3, 0.4) is 0 Å². The average Bonchev–Trinajstić information content (AvgIpc) is 3.42. The molecule has 0 aliphatic rings. The molecule has 0 aromatic heterocycles. The van der Waals surface area contributed by atoms with Gasteiger partial charge in [-0.05, 0) is 135 Å². The van der Waals surface area contributed by atoms with E-state index < -0.39 is 32.5 Å². The number of likely N-dealkylation sites (N-methyl/N-ethyl adjacent to an activating group) is 1. The number of allylic oxidation sites excluding steroid dienone is 30. The molecule has 9 nitrogen and oxygen atoms in total. The van der Waals surface area contributed by atoms with Gasteiger partial charge in [-0.15, -0.1) is 0 Å². The molecule has 448 valence electrons. The Labute approximate surface area is 489 Å². The van der Waals surface area contributed by atoms with Crippen molar-refractivity contribution in [3.63, 3.8) is 0 Å². The largest absolute Gasteiger partial charge is 0.472 e. The fourth-order valence-electron chi connectivity index (χ4n) is 7.30. The summed E-state index contributed by atoms with van der Waals surface area (Å²) in [7, 11) is 1.42. The van der Waals surface area contributed by atoms with Crippen LogP contribution in [0, 0.1) is 0 Å². The standard InChI is InChI=1S/C70H110NO8P/c1-6-8-10-12-14-16-18-20-22-24-25-26-27-28-29-30-31-32-33-34-35-36-37-38-39-40-41-42-43-44-45-47-49-51-53-55-57-59-61-63-70(73)79-68(67-78-80(74,75)77-65-64-71(3,4)5)66-76-69(72)62-60-58-56-54-52-50-48-46-23-21-19-17-15-13-11-9-7-2/h8-11,14-17,20-23,25-26,28-29,31-32,34-35,37-38,40-41,43-44,47-50,68H,6-7,12-13,18-19,24,27,30,33,36,39,42,45-46,51-67H2,1-5H3/p+1/b10-8-,11-9-,16-14-,17-15-,22-20-,23-21-,26-25-,29-28-,32-31-,35-34-,38-37-,41-40-,44-43-,49-47-,50-48-. The predicted octanol–water partition coefficient (Wildman–Crippen LogP) is 19.6. The number of phosphoric ester groups is 1. The van der Waals surface area contributed by atoms with Crippen molar-refractivity contribution in [1.29, 1.82) is 0 Å². The van der Waals surface area contributed by atoms with Gasteiger partial charge in [-0.2, -0.15) is 0 Å². The summed E-state index contributed by atoms with van der Waals surface area (Å²) in [5.41, 5.74) is 0. The number of esters is 2. The van der Waals surface area contributed by atoms with Crippen LogP contribution >= 0.6 is 7.82 Å². The highest BCUT2D eigenvalue weighted by atomic mass is 31.2. The normalized spacial score (nSPS) is 14.5. The van der Waals surface area contributed by atoms with Gasteiger partial charge < -0.3 is 18.9 Å². The fourth-order valence-corrected chi connectivity index (χ4v) is 8.04. The minimum Gasteiger partial charge on any atom is -0.462 e. The van der Waals surface area contributed by atoms with Crippen LogP contribution in [-0.2, 0) is 32.7 Å². The molecule has 10 heteroatoms. The molecular formula is C70H111NO8P+. The quantitative estimate of drug-likeness (QED) is 0.0211. The molecule has 0 bridgehead atoms. The number of rotatable bonds is 53. The van der Waals surface area contributed by atoms with Gasteiger partial charge in [0.15, 0.2) is 6.10 Å². The first-order valence-electron chi connectivity index (χ1n) is 30.5. The van der Waals surface area contributed by atoms with Crippen molar-refractivity contribution in [3.05, 3.63) is 182 Å². The molecule has 0 fully saturated rings. The molecule has 0 heterocycles. The van der Waals surface area contributed by atoms with E-state index in [1.54, 1.807) is 0 Å². The highest BCUT2D eigenvalue weighted by Gasteiger charge is 2.27. The molecule has 0 aromatic rings. The zero-order valence-electron chi connectivity index (χ0n) is 50.7. The third-order valence-corrected chi connectivity index (χ3v) is 12.9. The Kier molecular flexibility index (Phi) is 55.2. The number of nitrogens with zero attached hydrogens (tertiary/aromatic N) is 1. The molecular weight excluding hydrogens is 1010 g/mol. The summed E-state index contributed by atoms with van der Waals surface area (Å²) in [5, 5.41) is 0. The van der Waals surface area contributed by atoms with Gasteiger partial charge in [-0.1, -0.05) is 228 Å². The third-order valence-electron chi connectivity index (χ3n) is 11.9. The molecule has 0 rings (SSSR count). The summed E-state index contributed by atoms with van der Waals surface area (Å²) in [6.07, 6.45) is 91.1. The number of hydrogen-bond donors (Lipinski definition) is 1. The van der Waals surface area contributed by atoms with Crippen molar-refractivity contribution < 1.29 is 42.1 Å². The third kappa shape index (κ3) is 62.3. The number of quaternary nitrogens is 1. The number of phosphoric acid groups is 1. The van der Waals surface area contributed by atoms with E-state index in [0.717, 1.165) is 154 Å². The summed E-state index contributed by atoms with van der Waals surface area (Å²) in [6, 6.07) is 0. The molecule has 2 atom stereocenters. The van der Waals surface area contributed by atoms with Crippen LogP contribution < -0.4 is 0 Å². The summed E-state index contributed by atoms with van der Waals surface area (Å²) < 4.78 is 34.5. The molecule has 80 heavy (non-hydrogen) atoms. The van der Waals surface area contributed by atoms with Crippen molar-refractivity contribution in [1.82, 2.24) is 0 Å². The van der Waals surface area contributed by atoms with Gasteiger partial charge in [0.2, 0.25) is 0 Å². The van der Waals surface area contributed by atoms with Gasteiger partial charge in [0, 0.05) is 12.8 Å². The van der Waals surface area contributed by atoms with Crippen LogP contribution in [0.1, 0.15) is 194 Å². The van der Waals surface area contributed by atoms with Crippen LogP contribution in [0.2, 0.25) is 0 Å². The molecule has 0 saturated heterocycles. The lowest BCUT2D eigenvalue weighted by Crippen LogP contribution is -2.37. The number of hydrogen-bond acceptors (Lipinski definition) is 7. The lowest BCUT2D eigenvalue weighted by molar-refractivity contribution is -0.870. The molecule has 0 radical (unpaired) electrons. The summed E-state index contributed by atoms with van der Waals surface area (Å²) in [4.78, 5) is 35.7. The van der Waals surface area contributed by atoms with E-state index in [1.165, 1.54) is 0 Å². The maximum absolute atomic E-state index is 12.8. The molecule has 0 aliphatic heterocycles. The zero-order chi connectivity index (χ0) is 58.4. The maximum Gasteiger partial charge on any atom is 0.472 e. The van der Waals surface area contributed by atoms with E-state index in [9.17, 15) is 19.0 Å². The highest BCUT2D eigenvalue weighted by Crippen LogP contribution is 2.43. The number of ether oxygens (including phenoxy) is 2. The second-order valence-corrected chi connectivity index (χ2v) is 22.1. The van der Waals surface area contributed by atoms with Crippen LogP contribution in [0.25, 0.3) is 0 Å². The SMILES string of the molecule is CC/C=C\C/C=C\C/C=C\C/C=C\C/C=C\C/C=C\C/C=C\C/C=C\C/C=C\C/C=C\C/C=C\CCCCCCCC(=O)OC(COC(=O)CCCCCC/C=C\C/C=C\C/C=C\C/C=C\CC)COP(=O)(O)OCC[N+](C)(C)C. The van der Waals surface area contributed by atoms with Gasteiger partial charge in [-0.3, -0.25) is 18.6 Å². The monoisotopic (exact) mass is 1120 g/mol. The minimum absolute atomic E-state index is 0.0125. The van der Waals surface area contributed by atoms with E-state index >= 15 is 0 Å². The van der Waals surface area contributed by atoms with Crippen molar-refractivity contribution in [2.24, 2.45) is 0 Å². The lowest BCUT2D eigenvalue weighted by Gasteiger charge is -2.24. The van der Waals surface area contributed by atoms with E-state index in [1.807, 2.05) is 21.1 Å². The van der Waals surface area contributed by atoms with Gasteiger partial charge in [-0.25, -0.2) is 4.57 Å². The first-order valence-corrected chi connectivity index (χ1v) is 32.0. The van der Waals surface area contributed by atoms with E-state index in [4.69, 9.17) is 18.5 Å². The smallest absolute Gasteiger partial charge is 0.462 e. The van der Waals surface area contributed by atoms with Gasteiger partial charge in [0.05, 0.1) is 27.7 Å². The summed E-state index contributed by atoms with van der Waals surface area (Å²) in [6.45, 7) is 4.11. The molecule has 0 aromatic carbocycles.